The quantitative estimate of drug-likeness (QED) is 0.711. The number of anilines is 2. The van der Waals surface area contributed by atoms with Gasteiger partial charge in [0.1, 0.15) is 11.5 Å². The van der Waals surface area contributed by atoms with Crippen LogP contribution >= 0.6 is 0 Å². The maximum absolute atomic E-state index is 13.2. The van der Waals surface area contributed by atoms with Crippen LogP contribution in [0.5, 0.6) is 11.5 Å². The molecule has 0 aromatic heterocycles. The number of rotatable bonds is 6. The summed E-state index contributed by atoms with van der Waals surface area (Å²) in [4.78, 5) is 39.1. The molecule has 1 heterocycles. The molecular formula is C22H23N3O5. The molecule has 1 atom stereocenters. The van der Waals surface area contributed by atoms with Crippen LogP contribution in [0.4, 0.5) is 16.2 Å². The minimum Gasteiger partial charge on any atom is -0.497 e. The Bertz CT molecular complexity index is 1010. The maximum atomic E-state index is 13.2. The van der Waals surface area contributed by atoms with Crippen LogP contribution in [-0.2, 0) is 9.59 Å². The van der Waals surface area contributed by atoms with Crippen molar-refractivity contribution in [2.24, 2.45) is 5.92 Å². The van der Waals surface area contributed by atoms with E-state index in [2.05, 4.69) is 10.6 Å². The summed E-state index contributed by atoms with van der Waals surface area (Å²) >= 11 is 0. The largest absolute Gasteiger partial charge is 0.497 e. The fourth-order valence-electron chi connectivity index (χ4n) is 3.16. The fourth-order valence-corrected chi connectivity index (χ4v) is 3.16. The van der Waals surface area contributed by atoms with Crippen LogP contribution in [-0.4, -0.2) is 32.1 Å². The number of carbonyl (C=O) groups is 3. The number of imide groups is 2. The summed E-state index contributed by atoms with van der Waals surface area (Å²) in [6.07, 6.45) is 1.62. The van der Waals surface area contributed by atoms with Gasteiger partial charge >= 0.3 is 6.03 Å². The molecule has 2 aromatic rings. The number of hydrogen-bond acceptors (Lipinski definition) is 6. The Morgan fingerprint density at radius 2 is 1.77 bits per heavy atom. The molecule has 3 rings (SSSR count). The highest BCUT2D eigenvalue weighted by atomic mass is 16.5. The SMILES string of the molecule is C/C=C(/Nc1ccc(OC)cc1OC)[C@H]1C(=O)NC(=O)N(c2ccc(C)cc2)C1=O. The topological polar surface area (TPSA) is 97.0 Å². The Hall–Kier alpha value is -3.81. The number of carbonyl (C=O) groups excluding carboxylic acids is 3. The minimum absolute atomic E-state index is 0.325. The Kier molecular flexibility index (Phi) is 6.06. The van der Waals surface area contributed by atoms with Crippen molar-refractivity contribution in [2.75, 3.05) is 24.4 Å². The third-order valence-electron chi connectivity index (χ3n) is 4.76. The van der Waals surface area contributed by atoms with Gasteiger partial charge in [-0.1, -0.05) is 23.8 Å². The third-order valence-corrected chi connectivity index (χ3v) is 4.76. The lowest BCUT2D eigenvalue weighted by Crippen LogP contribution is -2.59. The van der Waals surface area contributed by atoms with E-state index in [-0.39, 0.29) is 0 Å². The second-order valence-corrected chi connectivity index (χ2v) is 6.67. The van der Waals surface area contributed by atoms with Gasteiger partial charge in [-0.15, -0.1) is 0 Å². The summed E-state index contributed by atoms with van der Waals surface area (Å²) in [5.41, 5.74) is 2.24. The molecule has 4 amide bonds. The van der Waals surface area contributed by atoms with Gasteiger partial charge in [-0.25, -0.2) is 9.69 Å². The standard InChI is InChI=1S/C22H23N3O5/c1-5-16(23-17-11-10-15(29-3)12-18(17)30-4)19-20(26)24-22(28)25(21(19)27)14-8-6-13(2)7-9-14/h5-12,19,23H,1-4H3,(H,24,26,28)/b16-5+/t19-/m0/s1. The van der Waals surface area contributed by atoms with E-state index in [9.17, 15) is 14.4 Å². The van der Waals surface area contributed by atoms with Crippen LogP contribution in [0, 0.1) is 12.8 Å². The zero-order valence-corrected chi connectivity index (χ0v) is 17.2. The average Bonchev–Trinajstić information content (AvgIpc) is 2.74. The van der Waals surface area contributed by atoms with E-state index in [0.717, 1.165) is 10.5 Å². The number of nitrogens with one attached hydrogen (secondary N) is 2. The molecule has 8 nitrogen and oxygen atoms in total. The molecule has 1 saturated heterocycles. The van der Waals surface area contributed by atoms with E-state index in [1.807, 2.05) is 6.92 Å². The van der Waals surface area contributed by atoms with Gasteiger partial charge in [0.25, 0.3) is 5.91 Å². The van der Waals surface area contributed by atoms with Gasteiger partial charge in [0.2, 0.25) is 5.91 Å². The molecule has 2 aromatic carbocycles. The number of nitrogens with zero attached hydrogens (tertiary/aromatic N) is 1. The number of allylic oxidation sites excluding steroid dienone is 1. The molecular weight excluding hydrogens is 386 g/mol. The smallest absolute Gasteiger partial charge is 0.335 e. The van der Waals surface area contributed by atoms with E-state index < -0.39 is 23.8 Å². The number of methoxy groups -OCH3 is 2. The Balaban J connectivity index is 1.93. The number of hydrogen-bond donors (Lipinski definition) is 2. The normalized spacial score (nSPS) is 16.9. The van der Waals surface area contributed by atoms with E-state index >= 15 is 0 Å². The molecule has 0 bridgehead atoms. The number of barbiturate groups is 1. The molecule has 0 radical (unpaired) electrons. The van der Waals surface area contributed by atoms with Gasteiger partial charge in [-0.05, 0) is 38.1 Å². The highest BCUT2D eigenvalue weighted by Crippen LogP contribution is 2.32. The van der Waals surface area contributed by atoms with Crippen LogP contribution in [0.2, 0.25) is 0 Å². The second-order valence-electron chi connectivity index (χ2n) is 6.67. The molecule has 0 aliphatic carbocycles. The lowest BCUT2D eigenvalue weighted by molar-refractivity contribution is -0.132. The molecule has 2 N–H and O–H groups in total. The number of aryl methyl sites for hydroxylation is 1. The minimum atomic E-state index is -1.22. The number of benzene rings is 2. The molecule has 30 heavy (non-hydrogen) atoms. The van der Waals surface area contributed by atoms with Gasteiger partial charge in [-0.3, -0.25) is 14.9 Å². The summed E-state index contributed by atoms with van der Waals surface area (Å²) in [7, 11) is 3.05. The third kappa shape index (κ3) is 3.98. The van der Waals surface area contributed by atoms with Crippen molar-refractivity contribution in [1.82, 2.24) is 5.32 Å². The zero-order chi connectivity index (χ0) is 21.8. The van der Waals surface area contributed by atoms with Gasteiger partial charge in [0.05, 0.1) is 25.6 Å². The lowest BCUT2D eigenvalue weighted by Gasteiger charge is -2.31. The fraction of sp³-hybridized carbons (Fsp3) is 0.227. The lowest BCUT2D eigenvalue weighted by atomic mass is 9.99. The predicted molar refractivity (Wildman–Crippen MR) is 113 cm³/mol. The molecule has 1 aliphatic rings. The monoisotopic (exact) mass is 409 g/mol. The van der Waals surface area contributed by atoms with Crippen molar-refractivity contribution < 1.29 is 23.9 Å². The number of amides is 4. The van der Waals surface area contributed by atoms with Gasteiger partial charge in [-0.2, -0.15) is 0 Å². The van der Waals surface area contributed by atoms with Crippen molar-refractivity contribution in [3.05, 3.63) is 59.8 Å². The molecule has 1 fully saturated rings. The Morgan fingerprint density at radius 1 is 1.07 bits per heavy atom. The summed E-state index contributed by atoms with van der Waals surface area (Å²) < 4.78 is 10.6. The van der Waals surface area contributed by atoms with Crippen LogP contribution in [0.15, 0.2) is 54.2 Å². The molecule has 0 unspecified atom stereocenters. The average molecular weight is 409 g/mol. The first-order valence-corrected chi connectivity index (χ1v) is 9.30. The highest BCUT2D eigenvalue weighted by molar-refractivity contribution is 6.29. The van der Waals surface area contributed by atoms with Crippen molar-refractivity contribution in [2.45, 2.75) is 13.8 Å². The first-order chi connectivity index (χ1) is 14.4. The van der Waals surface area contributed by atoms with Crippen LogP contribution in [0.1, 0.15) is 12.5 Å². The predicted octanol–water partition coefficient (Wildman–Crippen LogP) is 3.23. The van der Waals surface area contributed by atoms with Crippen LogP contribution in [0.25, 0.3) is 0 Å². The Labute approximate surface area is 174 Å². The van der Waals surface area contributed by atoms with Crippen molar-refractivity contribution >= 4 is 29.2 Å². The van der Waals surface area contributed by atoms with E-state index in [4.69, 9.17) is 9.47 Å². The van der Waals surface area contributed by atoms with Crippen molar-refractivity contribution in [3.63, 3.8) is 0 Å². The summed E-state index contributed by atoms with van der Waals surface area (Å²) in [6.45, 7) is 3.60. The van der Waals surface area contributed by atoms with Crippen molar-refractivity contribution in [1.29, 1.82) is 0 Å². The zero-order valence-electron chi connectivity index (χ0n) is 17.2. The molecule has 1 aliphatic heterocycles. The van der Waals surface area contributed by atoms with Gasteiger partial charge in [0.15, 0.2) is 5.92 Å². The summed E-state index contributed by atoms with van der Waals surface area (Å²) in [5.74, 6) is -1.48. The maximum Gasteiger partial charge on any atom is 0.335 e. The molecule has 8 heteroatoms. The summed E-state index contributed by atoms with van der Waals surface area (Å²) in [6, 6.07) is 11.3. The second kappa shape index (κ2) is 8.69. The molecule has 156 valence electrons. The highest BCUT2D eigenvalue weighted by Gasteiger charge is 2.43. The van der Waals surface area contributed by atoms with E-state index in [0.29, 0.717) is 28.6 Å². The van der Waals surface area contributed by atoms with Crippen LogP contribution < -0.4 is 25.0 Å². The van der Waals surface area contributed by atoms with Gasteiger partial charge in [0, 0.05) is 11.8 Å². The number of ether oxygens (including phenoxy) is 2. The van der Waals surface area contributed by atoms with Gasteiger partial charge < -0.3 is 14.8 Å². The first-order valence-electron chi connectivity index (χ1n) is 9.30. The number of urea groups is 1. The van der Waals surface area contributed by atoms with Crippen molar-refractivity contribution in [3.8, 4) is 11.5 Å². The molecule has 0 saturated carbocycles. The van der Waals surface area contributed by atoms with Crippen LogP contribution in [0.3, 0.4) is 0 Å². The van der Waals surface area contributed by atoms with E-state index in [1.54, 1.807) is 62.6 Å². The van der Waals surface area contributed by atoms with E-state index in [1.165, 1.54) is 7.11 Å². The molecule has 0 spiro atoms. The first kappa shape index (κ1) is 20.9. The Morgan fingerprint density at radius 3 is 2.37 bits per heavy atom. The summed E-state index contributed by atoms with van der Waals surface area (Å²) in [5, 5.41) is 5.35.